The molecule has 3 N–H and O–H groups in total. The van der Waals surface area contributed by atoms with E-state index in [0.29, 0.717) is 5.95 Å². The van der Waals surface area contributed by atoms with Gasteiger partial charge >= 0.3 is 0 Å². The monoisotopic (exact) mass is 290 g/mol. The van der Waals surface area contributed by atoms with E-state index in [4.69, 9.17) is 5.84 Å². The fourth-order valence-corrected chi connectivity index (χ4v) is 3.52. The van der Waals surface area contributed by atoms with Gasteiger partial charge in [-0.05, 0) is 45.7 Å². The van der Waals surface area contributed by atoms with Gasteiger partial charge in [0.1, 0.15) is 5.82 Å². The van der Waals surface area contributed by atoms with Crippen LogP contribution in [0.3, 0.4) is 0 Å². The molecule has 0 aliphatic carbocycles. The number of piperidine rings is 2. The second-order valence-electron chi connectivity index (χ2n) is 6.15. The molecule has 6 heteroatoms. The van der Waals surface area contributed by atoms with Crippen LogP contribution in [0.4, 0.5) is 11.8 Å². The molecule has 3 heterocycles. The van der Waals surface area contributed by atoms with E-state index in [2.05, 4.69) is 25.2 Å². The molecule has 2 aliphatic heterocycles. The van der Waals surface area contributed by atoms with Crippen molar-refractivity contribution in [2.24, 2.45) is 5.84 Å². The van der Waals surface area contributed by atoms with Crippen LogP contribution in [0.5, 0.6) is 0 Å². The summed E-state index contributed by atoms with van der Waals surface area (Å²) >= 11 is 0. The summed E-state index contributed by atoms with van der Waals surface area (Å²) in [7, 11) is 0. The summed E-state index contributed by atoms with van der Waals surface area (Å²) in [6.45, 7) is 6.70. The van der Waals surface area contributed by atoms with Crippen molar-refractivity contribution in [3.05, 3.63) is 11.8 Å². The van der Waals surface area contributed by atoms with Crippen LogP contribution in [-0.4, -0.2) is 47.1 Å². The molecular formula is C15H26N6. The quantitative estimate of drug-likeness (QED) is 0.650. The number of rotatable bonds is 3. The van der Waals surface area contributed by atoms with Crippen molar-refractivity contribution in [1.29, 1.82) is 0 Å². The molecule has 21 heavy (non-hydrogen) atoms. The molecular weight excluding hydrogens is 264 g/mol. The molecule has 0 aromatic carbocycles. The van der Waals surface area contributed by atoms with Crippen molar-refractivity contribution in [1.82, 2.24) is 14.9 Å². The Bertz CT molecular complexity index is 463. The summed E-state index contributed by atoms with van der Waals surface area (Å²) in [5.41, 5.74) is 3.50. The molecule has 0 unspecified atom stereocenters. The predicted molar refractivity (Wildman–Crippen MR) is 85.2 cm³/mol. The lowest BCUT2D eigenvalue weighted by Crippen LogP contribution is -2.47. The number of aryl methyl sites for hydroxylation is 1. The smallest absolute Gasteiger partial charge is 0.239 e. The van der Waals surface area contributed by atoms with E-state index >= 15 is 0 Å². The second-order valence-corrected chi connectivity index (χ2v) is 6.15. The number of hydrogen-bond donors (Lipinski definition) is 2. The number of hydrogen-bond acceptors (Lipinski definition) is 6. The van der Waals surface area contributed by atoms with Crippen molar-refractivity contribution in [3.63, 3.8) is 0 Å². The Kier molecular flexibility index (Phi) is 4.55. The zero-order valence-electron chi connectivity index (χ0n) is 12.9. The summed E-state index contributed by atoms with van der Waals surface area (Å²) in [6.07, 6.45) is 6.61. The Morgan fingerprint density at radius 2 is 1.81 bits per heavy atom. The summed E-state index contributed by atoms with van der Waals surface area (Å²) in [6, 6.07) is 2.80. The van der Waals surface area contributed by atoms with Gasteiger partial charge in [-0.3, -0.25) is 5.43 Å². The standard InChI is InChI=1S/C15H26N6/c1-12-11-14(18-15(17-12)19-16)21-9-5-13(6-10-21)20-7-3-2-4-8-20/h11,13H,2-10,16H2,1H3,(H,17,18,19). The van der Waals surface area contributed by atoms with Gasteiger partial charge in [0.15, 0.2) is 0 Å². The summed E-state index contributed by atoms with van der Waals surface area (Å²) in [5, 5.41) is 0. The lowest BCUT2D eigenvalue weighted by atomic mass is 10.00. The van der Waals surface area contributed by atoms with E-state index < -0.39 is 0 Å². The van der Waals surface area contributed by atoms with Crippen LogP contribution >= 0.6 is 0 Å². The summed E-state index contributed by atoms with van der Waals surface area (Å²) in [4.78, 5) is 13.8. The van der Waals surface area contributed by atoms with E-state index in [1.54, 1.807) is 0 Å². The molecule has 2 fully saturated rings. The SMILES string of the molecule is Cc1cc(N2CCC(N3CCCCC3)CC2)nc(NN)n1. The third-order valence-electron chi connectivity index (χ3n) is 4.67. The molecule has 0 atom stereocenters. The van der Waals surface area contributed by atoms with Gasteiger partial charge in [-0.15, -0.1) is 0 Å². The molecule has 116 valence electrons. The average Bonchev–Trinajstić information content (AvgIpc) is 2.55. The van der Waals surface area contributed by atoms with E-state index in [-0.39, 0.29) is 0 Å². The number of nitrogen functional groups attached to an aromatic ring is 1. The highest BCUT2D eigenvalue weighted by Crippen LogP contribution is 2.24. The van der Waals surface area contributed by atoms with E-state index in [9.17, 15) is 0 Å². The lowest BCUT2D eigenvalue weighted by Gasteiger charge is -2.40. The number of hydrazine groups is 1. The third-order valence-corrected chi connectivity index (χ3v) is 4.67. The average molecular weight is 290 g/mol. The van der Waals surface area contributed by atoms with Crippen LogP contribution in [0, 0.1) is 6.92 Å². The molecule has 0 amide bonds. The lowest BCUT2D eigenvalue weighted by molar-refractivity contribution is 0.141. The number of aromatic nitrogens is 2. The minimum absolute atomic E-state index is 0.503. The minimum Gasteiger partial charge on any atom is -0.356 e. The van der Waals surface area contributed by atoms with Crippen molar-refractivity contribution in [2.75, 3.05) is 36.5 Å². The maximum Gasteiger partial charge on any atom is 0.239 e. The van der Waals surface area contributed by atoms with Crippen LogP contribution in [0.2, 0.25) is 0 Å². The van der Waals surface area contributed by atoms with Gasteiger partial charge < -0.3 is 9.80 Å². The minimum atomic E-state index is 0.503. The van der Waals surface area contributed by atoms with Gasteiger partial charge in [0.25, 0.3) is 0 Å². The fraction of sp³-hybridized carbons (Fsp3) is 0.733. The van der Waals surface area contributed by atoms with Crippen LogP contribution in [0.1, 0.15) is 37.8 Å². The van der Waals surface area contributed by atoms with Crippen LogP contribution < -0.4 is 16.2 Å². The Morgan fingerprint density at radius 3 is 2.48 bits per heavy atom. The molecule has 1 aromatic rings. The summed E-state index contributed by atoms with van der Waals surface area (Å²) < 4.78 is 0. The zero-order chi connectivity index (χ0) is 14.7. The maximum atomic E-state index is 5.44. The molecule has 3 rings (SSSR count). The molecule has 0 radical (unpaired) electrons. The number of nitrogens with one attached hydrogen (secondary N) is 1. The van der Waals surface area contributed by atoms with Gasteiger partial charge in [-0.2, -0.15) is 4.98 Å². The first-order valence-corrected chi connectivity index (χ1v) is 8.07. The maximum absolute atomic E-state index is 5.44. The van der Waals surface area contributed by atoms with Gasteiger partial charge in [-0.25, -0.2) is 10.8 Å². The third kappa shape index (κ3) is 3.44. The van der Waals surface area contributed by atoms with Gasteiger partial charge in [0, 0.05) is 30.9 Å². The fourth-order valence-electron chi connectivity index (χ4n) is 3.52. The number of nitrogens with two attached hydrogens (primary N) is 1. The van der Waals surface area contributed by atoms with Crippen LogP contribution in [0.15, 0.2) is 6.07 Å². The second kappa shape index (κ2) is 6.58. The molecule has 6 nitrogen and oxygen atoms in total. The normalized spacial score (nSPS) is 21.5. The van der Waals surface area contributed by atoms with Crippen molar-refractivity contribution in [3.8, 4) is 0 Å². The van der Waals surface area contributed by atoms with E-state index in [1.165, 1.54) is 45.2 Å². The first-order valence-electron chi connectivity index (χ1n) is 8.07. The topological polar surface area (TPSA) is 70.3 Å². The highest BCUT2D eigenvalue weighted by atomic mass is 15.3. The Morgan fingerprint density at radius 1 is 1.10 bits per heavy atom. The van der Waals surface area contributed by atoms with E-state index in [0.717, 1.165) is 30.6 Å². The molecule has 0 saturated carbocycles. The van der Waals surface area contributed by atoms with Crippen molar-refractivity contribution in [2.45, 2.75) is 45.1 Å². The molecule has 2 saturated heterocycles. The number of nitrogens with zero attached hydrogens (tertiary/aromatic N) is 4. The molecule has 0 spiro atoms. The largest absolute Gasteiger partial charge is 0.356 e. The van der Waals surface area contributed by atoms with Crippen molar-refractivity contribution < 1.29 is 0 Å². The molecule has 0 bridgehead atoms. The van der Waals surface area contributed by atoms with Gasteiger partial charge in [0.2, 0.25) is 5.95 Å². The van der Waals surface area contributed by atoms with E-state index in [1.807, 2.05) is 13.0 Å². The first-order chi connectivity index (χ1) is 10.3. The van der Waals surface area contributed by atoms with Crippen LogP contribution in [0.25, 0.3) is 0 Å². The highest BCUT2D eigenvalue weighted by molar-refractivity contribution is 5.44. The predicted octanol–water partition coefficient (Wildman–Crippen LogP) is 1.53. The molecule has 2 aliphatic rings. The Balaban J connectivity index is 1.61. The van der Waals surface area contributed by atoms with Crippen LogP contribution in [-0.2, 0) is 0 Å². The Labute approximate surface area is 126 Å². The highest BCUT2D eigenvalue weighted by Gasteiger charge is 2.26. The first kappa shape index (κ1) is 14.5. The zero-order valence-corrected chi connectivity index (χ0v) is 12.9. The van der Waals surface area contributed by atoms with Gasteiger partial charge in [0.05, 0.1) is 0 Å². The molecule has 1 aromatic heterocycles. The number of anilines is 2. The Hall–Kier alpha value is -1.40. The van der Waals surface area contributed by atoms with Crippen molar-refractivity contribution >= 4 is 11.8 Å². The van der Waals surface area contributed by atoms with Gasteiger partial charge in [-0.1, -0.05) is 6.42 Å². The number of likely N-dealkylation sites (tertiary alicyclic amines) is 1. The summed E-state index contributed by atoms with van der Waals surface area (Å²) in [5.74, 6) is 6.93.